The van der Waals surface area contributed by atoms with E-state index >= 15 is 0 Å². The number of nitrogens with zero attached hydrogens (tertiary/aromatic N) is 1. The monoisotopic (exact) mass is 188 g/mol. The van der Waals surface area contributed by atoms with Gasteiger partial charge in [-0.05, 0) is 5.56 Å². The highest BCUT2D eigenvalue weighted by Crippen LogP contribution is 2.43. The second-order valence-electron chi connectivity index (χ2n) is 3.83. The molecule has 2 aliphatic heterocycles. The van der Waals surface area contributed by atoms with Gasteiger partial charge in [-0.1, -0.05) is 30.3 Å². The molecule has 1 unspecified atom stereocenters. The topological polar surface area (TPSA) is 32.1 Å². The van der Waals surface area contributed by atoms with Gasteiger partial charge in [-0.25, -0.2) is 0 Å². The summed E-state index contributed by atoms with van der Waals surface area (Å²) >= 11 is 0. The van der Waals surface area contributed by atoms with Crippen molar-refractivity contribution in [3.8, 4) is 0 Å². The van der Waals surface area contributed by atoms with Crippen LogP contribution in [0.15, 0.2) is 30.3 Å². The Balaban J connectivity index is 1.87. The number of nitrogens with one attached hydrogen (secondary N) is 1. The minimum Gasteiger partial charge on any atom is -0.353 e. The fourth-order valence-electron chi connectivity index (χ4n) is 2.28. The lowest BCUT2D eigenvalue weighted by Gasteiger charge is -2.10. The Morgan fingerprint density at radius 3 is 2.71 bits per heavy atom. The van der Waals surface area contributed by atoms with E-state index in [1.54, 1.807) is 0 Å². The maximum Gasteiger partial charge on any atom is 0.239 e. The molecule has 2 heterocycles. The Morgan fingerprint density at radius 2 is 2.00 bits per heavy atom. The predicted octanol–water partition coefficient (Wildman–Crippen LogP) is 0.542. The first-order valence-electron chi connectivity index (χ1n) is 4.96. The lowest BCUT2D eigenvalue weighted by atomic mass is 10.1. The fraction of sp³-hybridized carbons (Fsp3) is 0.364. The molecular formula is C11H12N2O. The number of benzene rings is 1. The van der Waals surface area contributed by atoms with Crippen LogP contribution in [0.4, 0.5) is 0 Å². The SMILES string of the molecule is O=C1NCCN2[C@H]1[C@H]2c1ccccc1. The number of hydrogen-bond acceptors (Lipinski definition) is 2. The summed E-state index contributed by atoms with van der Waals surface area (Å²) in [7, 11) is 0. The lowest BCUT2D eigenvalue weighted by Crippen LogP contribution is -2.38. The highest BCUT2D eigenvalue weighted by Gasteiger charge is 2.54. The summed E-state index contributed by atoms with van der Waals surface area (Å²) in [4.78, 5) is 13.7. The number of carbonyl (C=O) groups excluding carboxylic acids is 1. The smallest absolute Gasteiger partial charge is 0.239 e. The Kier molecular flexibility index (Phi) is 1.61. The summed E-state index contributed by atoms with van der Waals surface area (Å²) in [6, 6.07) is 10.7. The highest BCUT2D eigenvalue weighted by atomic mass is 16.2. The van der Waals surface area contributed by atoms with E-state index in [0.717, 1.165) is 13.1 Å². The summed E-state index contributed by atoms with van der Waals surface area (Å²) in [6.45, 7) is 1.77. The van der Waals surface area contributed by atoms with Gasteiger partial charge in [0, 0.05) is 13.1 Å². The molecule has 0 aromatic heterocycles. The van der Waals surface area contributed by atoms with Crippen LogP contribution in [0, 0.1) is 0 Å². The van der Waals surface area contributed by atoms with Crippen LogP contribution in [0.5, 0.6) is 0 Å². The van der Waals surface area contributed by atoms with E-state index in [-0.39, 0.29) is 11.9 Å². The Labute approximate surface area is 82.7 Å². The van der Waals surface area contributed by atoms with Gasteiger partial charge in [0.1, 0.15) is 6.04 Å². The van der Waals surface area contributed by atoms with Crippen LogP contribution >= 0.6 is 0 Å². The molecule has 0 spiro atoms. The molecule has 3 rings (SSSR count). The summed E-state index contributed by atoms with van der Waals surface area (Å²) in [5.74, 6) is 0.185. The fourth-order valence-corrected chi connectivity index (χ4v) is 2.28. The van der Waals surface area contributed by atoms with E-state index in [1.165, 1.54) is 5.56 Å². The first-order valence-corrected chi connectivity index (χ1v) is 4.96. The summed E-state index contributed by atoms with van der Waals surface area (Å²) in [5, 5.41) is 2.89. The van der Waals surface area contributed by atoms with E-state index in [1.807, 2.05) is 18.2 Å². The van der Waals surface area contributed by atoms with Crippen molar-refractivity contribution in [3.05, 3.63) is 35.9 Å². The van der Waals surface area contributed by atoms with Gasteiger partial charge in [-0.2, -0.15) is 0 Å². The number of rotatable bonds is 1. The summed E-state index contributed by atoms with van der Waals surface area (Å²) in [5.41, 5.74) is 1.26. The van der Waals surface area contributed by atoms with E-state index in [9.17, 15) is 4.79 Å². The Bertz CT molecular complexity index is 363. The number of fused-ring (bicyclic) bond motifs is 1. The van der Waals surface area contributed by atoms with Gasteiger partial charge in [0.15, 0.2) is 0 Å². The molecular weight excluding hydrogens is 176 g/mol. The predicted molar refractivity (Wildman–Crippen MR) is 52.7 cm³/mol. The lowest BCUT2D eigenvalue weighted by molar-refractivity contribution is -0.122. The Morgan fingerprint density at radius 1 is 1.21 bits per heavy atom. The Hall–Kier alpha value is -1.35. The van der Waals surface area contributed by atoms with Gasteiger partial charge in [-0.3, -0.25) is 9.69 Å². The molecule has 1 aromatic rings. The van der Waals surface area contributed by atoms with Crippen LogP contribution in [-0.4, -0.2) is 29.9 Å². The normalized spacial score (nSPS) is 34.6. The van der Waals surface area contributed by atoms with Crippen LogP contribution in [0.3, 0.4) is 0 Å². The molecule has 3 nitrogen and oxygen atoms in total. The third-order valence-electron chi connectivity index (χ3n) is 3.00. The van der Waals surface area contributed by atoms with Gasteiger partial charge in [0.2, 0.25) is 5.91 Å². The minimum absolute atomic E-state index is 0.103. The number of amides is 1. The molecule has 3 heteroatoms. The van der Waals surface area contributed by atoms with Gasteiger partial charge in [-0.15, -0.1) is 0 Å². The maximum atomic E-state index is 11.5. The average Bonchev–Trinajstić information content (AvgIpc) is 2.95. The van der Waals surface area contributed by atoms with Crippen molar-refractivity contribution >= 4 is 5.91 Å². The molecule has 14 heavy (non-hydrogen) atoms. The van der Waals surface area contributed by atoms with Crippen molar-refractivity contribution in [3.63, 3.8) is 0 Å². The van der Waals surface area contributed by atoms with Crippen LogP contribution in [0.1, 0.15) is 11.6 Å². The van der Waals surface area contributed by atoms with E-state index in [0.29, 0.717) is 6.04 Å². The van der Waals surface area contributed by atoms with Crippen molar-refractivity contribution < 1.29 is 4.79 Å². The minimum atomic E-state index is 0.103. The van der Waals surface area contributed by atoms with Gasteiger partial charge in [0.25, 0.3) is 0 Å². The standard InChI is InChI=1S/C11H12N2O/c14-11-10-9(13(10)7-6-12-11)8-4-2-1-3-5-8/h1-5,9-10H,6-7H2,(H,12,14)/t9-,10+,13?/m1/s1. The maximum absolute atomic E-state index is 11.5. The quantitative estimate of drug-likeness (QED) is 0.652. The van der Waals surface area contributed by atoms with Crippen molar-refractivity contribution in [2.45, 2.75) is 12.1 Å². The van der Waals surface area contributed by atoms with Crippen molar-refractivity contribution in [2.24, 2.45) is 0 Å². The number of piperazine rings is 1. The third kappa shape index (κ3) is 1.06. The molecule has 0 radical (unpaired) electrons. The molecule has 1 amide bonds. The van der Waals surface area contributed by atoms with Crippen molar-refractivity contribution in [2.75, 3.05) is 13.1 Å². The average molecular weight is 188 g/mol. The number of carbonyl (C=O) groups is 1. The molecule has 2 saturated heterocycles. The van der Waals surface area contributed by atoms with Crippen LogP contribution in [-0.2, 0) is 4.79 Å². The first-order chi connectivity index (χ1) is 6.88. The molecule has 3 atom stereocenters. The van der Waals surface area contributed by atoms with Gasteiger partial charge >= 0.3 is 0 Å². The van der Waals surface area contributed by atoms with Crippen LogP contribution < -0.4 is 5.32 Å². The van der Waals surface area contributed by atoms with Crippen LogP contribution in [0.2, 0.25) is 0 Å². The molecule has 1 N–H and O–H groups in total. The van der Waals surface area contributed by atoms with Crippen LogP contribution in [0.25, 0.3) is 0 Å². The van der Waals surface area contributed by atoms with E-state index in [4.69, 9.17) is 0 Å². The van der Waals surface area contributed by atoms with Gasteiger partial charge < -0.3 is 5.32 Å². The van der Waals surface area contributed by atoms with E-state index in [2.05, 4.69) is 22.3 Å². The van der Waals surface area contributed by atoms with Crippen molar-refractivity contribution in [1.82, 2.24) is 10.2 Å². The molecule has 1 aromatic carbocycles. The zero-order valence-corrected chi connectivity index (χ0v) is 7.81. The van der Waals surface area contributed by atoms with Gasteiger partial charge in [0.05, 0.1) is 6.04 Å². The molecule has 2 fully saturated rings. The highest BCUT2D eigenvalue weighted by molar-refractivity contribution is 5.87. The molecule has 0 saturated carbocycles. The molecule has 0 bridgehead atoms. The number of hydrogen-bond donors (Lipinski definition) is 1. The second-order valence-corrected chi connectivity index (χ2v) is 3.83. The largest absolute Gasteiger partial charge is 0.353 e. The molecule has 2 aliphatic rings. The van der Waals surface area contributed by atoms with E-state index < -0.39 is 0 Å². The zero-order valence-electron chi connectivity index (χ0n) is 7.81. The summed E-state index contributed by atoms with van der Waals surface area (Å²) < 4.78 is 0. The van der Waals surface area contributed by atoms with Crippen molar-refractivity contribution in [1.29, 1.82) is 0 Å². The first kappa shape index (κ1) is 8.00. The molecule has 72 valence electrons. The molecule has 0 aliphatic carbocycles. The third-order valence-corrected chi connectivity index (χ3v) is 3.00. The zero-order chi connectivity index (χ0) is 9.54. The summed E-state index contributed by atoms with van der Waals surface area (Å²) in [6.07, 6.45) is 0. The second kappa shape index (κ2) is 2.82.